The second kappa shape index (κ2) is 9.37. The van der Waals surface area contributed by atoms with Gasteiger partial charge in [0.25, 0.3) is 0 Å². The van der Waals surface area contributed by atoms with Crippen molar-refractivity contribution in [3.63, 3.8) is 0 Å². The maximum absolute atomic E-state index is 11.9. The van der Waals surface area contributed by atoms with Crippen LogP contribution in [-0.2, 0) is 20.7 Å². The Bertz CT molecular complexity index is 558. The first-order chi connectivity index (χ1) is 11.2. The number of methoxy groups -OCH3 is 1. The van der Waals surface area contributed by atoms with E-state index in [2.05, 4.69) is 10.6 Å². The Morgan fingerprint density at radius 1 is 1.29 bits per heavy atom. The van der Waals surface area contributed by atoms with Crippen LogP contribution in [0, 0.1) is 0 Å². The Morgan fingerprint density at radius 2 is 2.00 bits per heavy atom. The average Bonchev–Trinajstić information content (AvgIpc) is 2.50. The normalized spacial score (nSPS) is 12.2. The number of carbonyl (C=O) groups excluding carboxylic acids is 2. The van der Waals surface area contributed by atoms with Gasteiger partial charge in [0.1, 0.15) is 11.6 Å². The zero-order chi connectivity index (χ0) is 18.2. The number of nitrogens with one attached hydrogen (secondary N) is 2. The van der Waals surface area contributed by atoms with Crippen molar-refractivity contribution in [3.05, 3.63) is 29.8 Å². The van der Waals surface area contributed by atoms with Gasteiger partial charge in [0.15, 0.2) is 0 Å². The van der Waals surface area contributed by atoms with Gasteiger partial charge in [-0.05, 0) is 38.5 Å². The molecular formula is C17H25ClN2O4. The molecule has 0 aliphatic carbocycles. The molecule has 0 aromatic heterocycles. The van der Waals surface area contributed by atoms with Crippen LogP contribution in [0.15, 0.2) is 24.3 Å². The van der Waals surface area contributed by atoms with E-state index < -0.39 is 23.7 Å². The molecule has 0 heterocycles. The van der Waals surface area contributed by atoms with Gasteiger partial charge in [-0.15, -0.1) is 11.6 Å². The summed E-state index contributed by atoms with van der Waals surface area (Å²) in [5, 5.41) is 5.72. The monoisotopic (exact) mass is 356 g/mol. The minimum Gasteiger partial charge on any atom is -0.467 e. The highest BCUT2D eigenvalue weighted by Gasteiger charge is 2.25. The minimum absolute atomic E-state index is 0.294. The molecule has 2 N–H and O–H groups in total. The third kappa shape index (κ3) is 7.55. The zero-order valence-corrected chi connectivity index (χ0v) is 15.3. The maximum Gasteiger partial charge on any atom is 0.408 e. The molecule has 1 aromatic carbocycles. The number of rotatable bonds is 7. The molecule has 0 saturated carbocycles. The third-order valence-electron chi connectivity index (χ3n) is 2.97. The molecule has 0 aliphatic rings. The molecular weight excluding hydrogens is 332 g/mol. The number of hydrogen-bond acceptors (Lipinski definition) is 5. The van der Waals surface area contributed by atoms with E-state index in [4.69, 9.17) is 21.1 Å². The van der Waals surface area contributed by atoms with Crippen molar-refractivity contribution in [2.45, 2.75) is 38.8 Å². The molecule has 1 rings (SSSR count). The van der Waals surface area contributed by atoms with Crippen LogP contribution >= 0.6 is 11.6 Å². The predicted octanol–water partition coefficient (Wildman–Crippen LogP) is 2.95. The van der Waals surface area contributed by atoms with Crippen molar-refractivity contribution in [1.29, 1.82) is 0 Å². The summed E-state index contributed by atoms with van der Waals surface area (Å²) < 4.78 is 9.96. The number of benzene rings is 1. The first-order valence-electron chi connectivity index (χ1n) is 7.71. The van der Waals surface area contributed by atoms with E-state index in [1.54, 1.807) is 20.8 Å². The Kier molecular flexibility index (Phi) is 7.85. The van der Waals surface area contributed by atoms with Crippen LogP contribution in [0.2, 0.25) is 0 Å². The molecule has 134 valence electrons. The van der Waals surface area contributed by atoms with E-state index in [0.717, 1.165) is 11.3 Å². The highest BCUT2D eigenvalue weighted by Crippen LogP contribution is 2.14. The van der Waals surface area contributed by atoms with Crippen LogP contribution < -0.4 is 10.6 Å². The lowest BCUT2D eigenvalue weighted by atomic mass is 10.1. The van der Waals surface area contributed by atoms with Crippen molar-refractivity contribution in [2.24, 2.45) is 0 Å². The zero-order valence-electron chi connectivity index (χ0n) is 14.5. The topological polar surface area (TPSA) is 76.7 Å². The number of halogens is 1. The van der Waals surface area contributed by atoms with Crippen LogP contribution in [0.25, 0.3) is 0 Å². The van der Waals surface area contributed by atoms with E-state index in [1.165, 1.54) is 7.11 Å². The second-order valence-corrected chi connectivity index (χ2v) is 6.62. The fourth-order valence-corrected chi connectivity index (χ4v) is 2.12. The standard InChI is InChI=1S/C17H25ClN2O4/c1-17(2,3)24-16(22)20-14(15(21)23-4)11-12-6-5-7-13(10-12)19-9-8-18/h5-7,10,14,19H,8-9,11H2,1-4H3,(H,20,22)/t14-/m0/s1. The lowest BCUT2D eigenvalue weighted by molar-refractivity contribution is -0.143. The first-order valence-corrected chi connectivity index (χ1v) is 8.24. The fraction of sp³-hybridized carbons (Fsp3) is 0.529. The SMILES string of the molecule is COC(=O)[C@H](Cc1cccc(NCCCl)c1)NC(=O)OC(C)(C)C. The van der Waals surface area contributed by atoms with Gasteiger partial charge in [-0.3, -0.25) is 0 Å². The van der Waals surface area contributed by atoms with E-state index in [-0.39, 0.29) is 0 Å². The Balaban J connectivity index is 2.79. The van der Waals surface area contributed by atoms with E-state index in [0.29, 0.717) is 18.8 Å². The number of esters is 1. The Labute approximate surface area is 147 Å². The predicted molar refractivity (Wildman–Crippen MR) is 94.5 cm³/mol. The quantitative estimate of drug-likeness (QED) is 0.580. The third-order valence-corrected chi connectivity index (χ3v) is 3.16. The summed E-state index contributed by atoms with van der Waals surface area (Å²) >= 11 is 5.66. The second-order valence-electron chi connectivity index (χ2n) is 6.24. The number of hydrogen-bond donors (Lipinski definition) is 2. The molecule has 0 radical (unpaired) electrons. The molecule has 1 amide bonds. The average molecular weight is 357 g/mol. The van der Waals surface area contributed by atoms with Gasteiger partial charge in [-0.1, -0.05) is 12.1 Å². The largest absolute Gasteiger partial charge is 0.467 e. The van der Waals surface area contributed by atoms with Gasteiger partial charge in [0.05, 0.1) is 7.11 Å². The van der Waals surface area contributed by atoms with Crippen LogP contribution in [0.4, 0.5) is 10.5 Å². The lowest BCUT2D eigenvalue weighted by Crippen LogP contribution is -2.45. The minimum atomic E-state index is -0.826. The molecule has 24 heavy (non-hydrogen) atoms. The fourth-order valence-electron chi connectivity index (χ4n) is 2.02. The summed E-state index contributed by atoms with van der Waals surface area (Å²) in [6.45, 7) is 5.91. The van der Waals surface area contributed by atoms with Gasteiger partial charge in [-0.25, -0.2) is 9.59 Å². The molecule has 7 heteroatoms. The molecule has 0 bridgehead atoms. The van der Waals surface area contributed by atoms with E-state index >= 15 is 0 Å². The summed E-state index contributed by atoms with van der Waals surface area (Å²) in [7, 11) is 1.28. The molecule has 1 aromatic rings. The summed E-state index contributed by atoms with van der Waals surface area (Å²) in [6, 6.07) is 6.73. The summed E-state index contributed by atoms with van der Waals surface area (Å²) in [4.78, 5) is 23.9. The van der Waals surface area contributed by atoms with Crippen LogP contribution in [-0.4, -0.2) is 43.2 Å². The highest BCUT2D eigenvalue weighted by atomic mass is 35.5. The van der Waals surface area contributed by atoms with Gasteiger partial charge in [-0.2, -0.15) is 0 Å². The molecule has 6 nitrogen and oxygen atoms in total. The Morgan fingerprint density at radius 3 is 2.58 bits per heavy atom. The lowest BCUT2D eigenvalue weighted by Gasteiger charge is -2.22. The molecule has 0 aliphatic heterocycles. The molecule has 1 atom stereocenters. The van der Waals surface area contributed by atoms with Gasteiger partial charge in [0, 0.05) is 24.5 Å². The molecule has 0 spiro atoms. The Hall–Kier alpha value is -1.95. The number of amides is 1. The number of ether oxygens (including phenoxy) is 2. The number of alkyl carbamates (subject to hydrolysis) is 1. The van der Waals surface area contributed by atoms with Crippen molar-refractivity contribution in [1.82, 2.24) is 5.32 Å². The van der Waals surface area contributed by atoms with Crippen LogP contribution in [0.1, 0.15) is 26.3 Å². The van der Waals surface area contributed by atoms with Crippen molar-refractivity contribution in [2.75, 3.05) is 24.9 Å². The molecule has 0 unspecified atom stereocenters. The van der Waals surface area contributed by atoms with Gasteiger partial charge >= 0.3 is 12.1 Å². The molecule has 0 saturated heterocycles. The number of anilines is 1. The smallest absolute Gasteiger partial charge is 0.408 e. The summed E-state index contributed by atoms with van der Waals surface area (Å²) in [5.41, 5.74) is 1.13. The number of alkyl halides is 1. The summed E-state index contributed by atoms with van der Waals surface area (Å²) in [5.74, 6) is -0.0325. The highest BCUT2D eigenvalue weighted by molar-refractivity contribution is 6.18. The van der Waals surface area contributed by atoms with Crippen molar-refractivity contribution >= 4 is 29.4 Å². The van der Waals surface area contributed by atoms with Crippen molar-refractivity contribution in [3.8, 4) is 0 Å². The first kappa shape index (κ1) is 20.1. The van der Waals surface area contributed by atoms with Gasteiger partial charge < -0.3 is 20.1 Å². The van der Waals surface area contributed by atoms with Gasteiger partial charge in [0.2, 0.25) is 0 Å². The van der Waals surface area contributed by atoms with Crippen molar-refractivity contribution < 1.29 is 19.1 Å². The van der Waals surface area contributed by atoms with E-state index in [9.17, 15) is 9.59 Å². The van der Waals surface area contributed by atoms with Crippen LogP contribution in [0.5, 0.6) is 0 Å². The maximum atomic E-state index is 11.9. The number of carbonyl (C=O) groups is 2. The van der Waals surface area contributed by atoms with Crippen LogP contribution in [0.3, 0.4) is 0 Å². The summed E-state index contributed by atoms with van der Waals surface area (Å²) in [6.07, 6.45) is -0.364. The molecule has 0 fully saturated rings. The van der Waals surface area contributed by atoms with E-state index in [1.807, 2.05) is 24.3 Å².